The van der Waals surface area contributed by atoms with Crippen LogP contribution in [0.4, 0.5) is 0 Å². The van der Waals surface area contributed by atoms with Gasteiger partial charge in [-0.05, 0) is 67.7 Å². The number of aliphatic hydroxyl groups is 1. The Labute approximate surface area is 132 Å². The van der Waals surface area contributed by atoms with Crippen LogP contribution in [0.1, 0.15) is 56.8 Å². The SMILES string of the molecule is Cc1cc(Cl)ccc1C(O)C1(C#N)CCC(C(C)C)CC1. The van der Waals surface area contributed by atoms with E-state index in [2.05, 4.69) is 19.9 Å². The monoisotopic (exact) mass is 305 g/mol. The quantitative estimate of drug-likeness (QED) is 0.850. The van der Waals surface area contributed by atoms with E-state index in [-0.39, 0.29) is 0 Å². The van der Waals surface area contributed by atoms with Gasteiger partial charge in [0.15, 0.2) is 0 Å². The number of aliphatic hydroxyl groups excluding tert-OH is 1. The van der Waals surface area contributed by atoms with Crippen molar-refractivity contribution in [1.82, 2.24) is 0 Å². The Morgan fingerprint density at radius 3 is 2.43 bits per heavy atom. The fourth-order valence-corrected chi connectivity index (χ4v) is 3.74. The third-order valence-electron chi connectivity index (χ3n) is 5.14. The summed E-state index contributed by atoms with van der Waals surface area (Å²) in [6.45, 7) is 6.42. The fraction of sp³-hybridized carbons (Fsp3) is 0.611. The zero-order chi connectivity index (χ0) is 15.6. The molecule has 0 aromatic heterocycles. The number of nitrogens with zero attached hydrogens (tertiary/aromatic N) is 1. The molecule has 3 heteroatoms. The van der Waals surface area contributed by atoms with Gasteiger partial charge < -0.3 is 5.11 Å². The van der Waals surface area contributed by atoms with Gasteiger partial charge >= 0.3 is 0 Å². The van der Waals surface area contributed by atoms with E-state index in [9.17, 15) is 10.4 Å². The first-order valence-electron chi connectivity index (χ1n) is 7.75. The molecule has 0 amide bonds. The van der Waals surface area contributed by atoms with Crippen LogP contribution in [0, 0.1) is 35.5 Å². The van der Waals surface area contributed by atoms with Gasteiger partial charge in [-0.25, -0.2) is 0 Å². The standard InChI is InChI=1S/C18H24ClNO/c1-12(2)14-6-8-18(11-20,9-7-14)17(21)16-5-4-15(19)10-13(16)3/h4-5,10,12,14,17,21H,6-9H2,1-3H3. The van der Waals surface area contributed by atoms with Crippen LogP contribution >= 0.6 is 11.6 Å². The Balaban J connectivity index is 2.24. The zero-order valence-electron chi connectivity index (χ0n) is 13.1. The number of rotatable bonds is 3. The van der Waals surface area contributed by atoms with E-state index < -0.39 is 11.5 Å². The first kappa shape index (κ1) is 16.3. The van der Waals surface area contributed by atoms with Gasteiger partial charge in [0.05, 0.1) is 17.6 Å². The summed E-state index contributed by atoms with van der Waals surface area (Å²) in [5, 5.41) is 21.2. The smallest absolute Gasteiger partial charge is 0.0978 e. The average Bonchev–Trinajstić information content (AvgIpc) is 2.46. The summed E-state index contributed by atoms with van der Waals surface area (Å²) in [4.78, 5) is 0. The minimum Gasteiger partial charge on any atom is -0.387 e. The topological polar surface area (TPSA) is 44.0 Å². The molecule has 1 aromatic rings. The maximum atomic E-state index is 10.8. The molecule has 1 unspecified atom stereocenters. The van der Waals surface area contributed by atoms with Crippen LogP contribution in [-0.2, 0) is 0 Å². The summed E-state index contributed by atoms with van der Waals surface area (Å²) in [5.74, 6) is 1.32. The van der Waals surface area contributed by atoms with Gasteiger partial charge in [0.25, 0.3) is 0 Å². The van der Waals surface area contributed by atoms with Crippen LogP contribution in [0.15, 0.2) is 18.2 Å². The van der Waals surface area contributed by atoms with Crippen molar-refractivity contribution in [2.75, 3.05) is 0 Å². The van der Waals surface area contributed by atoms with Gasteiger partial charge in [0.1, 0.15) is 0 Å². The minimum absolute atomic E-state index is 0.649. The second kappa shape index (κ2) is 6.38. The van der Waals surface area contributed by atoms with Crippen LogP contribution in [0.3, 0.4) is 0 Å². The summed E-state index contributed by atoms with van der Waals surface area (Å²) >= 11 is 5.98. The predicted molar refractivity (Wildman–Crippen MR) is 86.0 cm³/mol. The van der Waals surface area contributed by atoms with E-state index in [4.69, 9.17) is 11.6 Å². The van der Waals surface area contributed by atoms with Crippen LogP contribution in [0.5, 0.6) is 0 Å². The molecule has 0 aliphatic heterocycles. The van der Waals surface area contributed by atoms with E-state index in [1.165, 1.54) is 0 Å². The van der Waals surface area contributed by atoms with Crippen LogP contribution in [0.25, 0.3) is 0 Å². The molecule has 21 heavy (non-hydrogen) atoms. The van der Waals surface area contributed by atoms with Crippen molar-refractivity contribution in [2.24, 2.45) is 17.3 Å². The van der Waals surface area contributed by atoms with Gasteiger partial charge in [-0.2, -0.15) is 5.26 Å². The molecule has 2 rings (SSSR count). The first-order valence-corrected chi connectivity index (χ1v) is 8.13. The first-order chi connectivity index (χ1) is 9.89. The molecule has 1 fully saturated rings. The molecule has 2 nitrogen and oxygen atoms in total. The van der Waals surface area contributed by atoms with Crippen LogP contribution in [0.2, 0.25) is 5.02 Å². The molecule has 1 saturated carbocycles. The third kappa shape index (κ3) is 3.25. The van der Waals surface area contributed by atoms with Gasteiger partial charge in [0.2, 0.25) is 0 Å². The summed E-state index contributed by atoms with van der Waals surface area (Å²) < 4.78 is 0. The van der Waals surface area contributed by atoms with Gasteiger partial charge in [-0.3, -0.25) is 0 Å². The second-order valence-corrected chi connectivity index (χ2v) is 7.19. The highest BCUT2D eigenvalue weighted by molar-refractivity contribution is 6.30. The highest BCUT2D eigenvalue weighted by atomic mass is 35.5. The number of hydrogen-bond acceptors (Lipinski definition) is 2. The normalized spacial score (nSPS) is 27.4. The Morgan fingerprint density at radius 1 is 1.33 bits per heavy atom. The molecular weight excluding hydrogens is 282 g/mol. The van der Waals surface area contributed by atoms with Gasteiger partial charge in [-0.1, -0.05) is 31.5 Å². The lowest BCUT2D eigenvalue weighted by molar-refractivity contribution is 0.0186. The van der Waals surface area contributed by atoms with Crippen molar-refractivity contribution in [1.29, 1.82) is 5.26 Å². The van der Waals surface area contributed by atoms with Gasteiger partial charge in [-0.15, -0.1) is 0 Å². The Morgan fingerprint density at radius 2 is 1.95 bits per heavy atom. The van der Waals surface area contributed by atoms with Crippen LogP contribution < -0.4 is 0 Å². The van der Waals surface area contributed by atoms with Gasteiger partial charge in [0, 0.05) is 5.02 Å². The van der Waals surface area contributed by atoms with Crippen molar-refractivity contribution in [3.8, 4) is 6.07 Å². The number of benzene rings is 1. The molecule has 0 saturated heterocycles. The second-order valence-electron chi connectivity index (χ2n) is 6.75. The summed E-state index contributed by atoms with van der Waals surface area (Å²) in [7, 11) is 0. The minimum atomic E-state index is -0.729. The van der Waals surface area contributed by atoms with Crippen molar-refractivity contribution < 1.29 is 5.11 Å². The van der Waals surface area contributed by atoms with E-state index in [0.29, 0.717) is 16.9 Å². The summed E-state index contributed by atoms with van der Waals surface area (Å²) in [5.41, 5.74) is 1.14. The van der Waals surface area contributed by atoms with E-state index in [1.807, 2.05) is 19.1 Å². The Bertz CT molecular complexity index is 539. The van der Waals surface area contributed by atoms with E-state index in [1.54, 1.807) is 6.07 Å². The largest absolute Gasteiger partial charge is 0.387 e. The molecule has 1 aromatic carbocycles. The van der Waals surface area contributed by atoms with E-state index >= 15 is 0 Å². The zero-order valence-corrected chi connectivity index (χ0v) is 13.8. The molecule has 1 atom stereocenters. The number of nitriles is 1. The number of hydrogen-bond donors (Lipinski definition) is 1. The fourth-order valence-electron chi connectivity index (χ4n) is 3.51. The molecule has 1 aliphatic rings. The summed E-state index contributed by atoms with van der Waals surface area (Å²) in [6.07, 6.45) is 2.86. The lowest BCUT2D eigenvalue weighted by Gasteiger charge is -2.40. The highest BCUT2D eigenvalue weighted by Crippen LogP contribution is 2.49. The number of aryl methyl sites for hydroxylation is 1. The van der Waals surface area contributed by atoms with Crippen molar-refractivity contribution >= 4 is 11.6 Å². The molecule has 0 spiro atoms. The lowest BCUT2D eigenvalue weighted by atomic mass is 9.64. The summed E-state index contributed by atoms with van der Waals surface area (Å²) in [6, 6.07) is 7.93. The van der Waals surface area contributed by atoms with Crippen LogP contribution in [-0.4, -0.2) is 5.11 Å². The Hall–Kier alpha value is -1.04. The molecule has 1 N–H and O–H groups in total. The Kier molecular flexibility index (Phi) is 4.96. The van der Waals surface area contributed by atoms with Crippen molar-refractivity contribution in [3.05, 3.63) is 34.3 Å². The highest BCUT2D eigenvalue weighted by Gasteiger charge is 2.43. The lowest BCUT2D eigenvalue weighted by Crippen LogP contribution is -2.34. The maximum absolute atomic E-state index is 10.8. The molecule has 1 aliphatic carbocycles. The number of halogens is 1. The van der Waals surface area contributed by atoms with E-state index in [0.717, 1.165) is 36.8 Å². The third-order valence-corrected chi connectivity index (χ3v) is 5.37. The maximum Gasteiger partial charge on any atom is 0.0978 e. The molecular formula is C18H24ClNO. The molecule has 0 radical (unpaired) electrons. The molecule has 0 bridgehead atoms. The molecule has 0 heterocycles. The predicted octanol–water partition coefficient (Wildman–Crippen LogP) is 5.04. The average molecular weight is 306 g/mol. The van der Waals surface area contributed by atoms with Crippen molar-refractivity contribution in [3.63, 3.8) is 0 Å². The van der Waals surface area contributed by atoms with Crippen molar-refractivity contribution in [2.45, 2.75) is 52.6 Å². The molecule has 114 valence electrons.